The van der Waals surface area contributed by atoms with Crippen LogP contribution >= 0.6 is 0 Å². The number of para-hydroxylation sites is 1. The van der Waals surface area contributed by atoms with Gasteiger partial charge in [-0.3, -0.25) is 4.99 Å². The van der Waals surface area contributed by atoms with Gasteiger partial charge >= 0.3 is 0 Å². The van der Waals surface area contributed by atoms with Gasteiger partial charge in [0.2, 0.25) is 0 Å². The van der Waals surface area contributed by atoms with Crippen LogP contribution in [-0.2, 0) is 17.9 Å². The zero-order valence-electron chi connectivity index (χ0n) is 16.9. The summed E-state index contributed by atoms with van der Waals surface area (Å²) in [5, 5.41) is 6.68. The molecule has 3 rings (SSSR count). The molecule has 0 spiro atoms. The van der Waals surface area contributed by atoms with Crippen LogP contribution in [0.3, 0.4) is 0 Å². The number of aliphatic imine (C=N–C) groups is 1. The molecular formula is C22H28F2N4O. The minimum atomic E-state index is -0.529. The van der Waals surface area contributed by atoms with Crippen LogP contribution in [0.1, 0.15) is 24.5 Å². The Morgan fingerprint density at radius 3 is 2.55 bits per heavy atom. The molecule has 0 amide bonds. The molecule has 0 saturated carbocycles. The van der Waals surface area contributed by atoms with Crippen molar-refractivity contribution in [1.82, 2.24) is 10.6 Å². The van der Waals surface area contributed by atoms with Crippen LogP contribution in [0.25, 0.3) is 0 Å². The zero-order valence-corrected chi connectivity index (χ0v) is 16.9. The van der Waals surface area contributed by atoms with E-state index in [-0.39, 0.29) is 11.7 Å². The Bertz CT molecular complexity index is 823. The lowest BCUT2D eigenvalue weighted by Crippen LogP contribution is -2.44. The summed E-state index contributed by atoms with van der Waals surface area (Å²) in [6.07, 6.45) is 0.773. The number of ether oxygens (including phenoxy) is 1. The molecule has 0 bridgehead atoms. The van der Waals surface area contributed by atoms with Crippen molar-refractivity contribution < 1.29 is 13.5 Å². The van der Waals surface area contributed by atoms with Gasteiger partial charge in [-0.2, -0.15) is 0 Å². The van der Waals surface area contributed by atoms with E-state index in [2.05, 4.69) is 27.8 Å². The van der Waals surface area contributed by atoms with E-state index in [1.165, 1.54) is 18.2 Å². The summed E-state index contributed by atoms with van der Waals surface area (Å²) < 4.78 is 33.6. The first-order valence-electron chi connectivity index (χ1n) is 9.93. The minimum absolute atomic E-state index is 0.0459. The van der Waals surface area contributed by atoms with Crippen molar-refractivity contribution in [1.29, 1.82) is 0 Å². The van der Waals surface area contributed by atoms with E-state index in [0.29, 0.717) is 38.8 Å². The average molecular weight is 402 g/mol. The van der Waals surface area contributed by atoms with Crippen LogP contribution in [0, 0.1) is 11.6 Å². The van der Waals surface area contributed by atoms with Crippen molar-refractivity contribution in [2.24, 2.45) is 4.99 Å². The predicted octanol–water partition coefficient (Wildman–Crippen LogP) is 3.45. The number of nitrogens with zero attached hydrogens (tertiary/aromatic N) is 2. The molecule has 1 heterocycles. The maximum absolute atomic E-state index is 14.0. The minimum Gasteiger partial charge on any atom is -0.377 e. The molecule has 1 fully saturated rings. The number of guanidine groups is 1. The third kappa shape index (κ3) is 5.44. The molecule has 1 aliphatic rings. The summed E-state index contributed by atoms with van der Waals surface area (Å²) in [6, 6.07) is 12.1. The Morgan fingerprint density at radius 2 is 1.86 bits per heavy atom. The van der Waals surface area contributed by atoms with E-state index in [4.69, 9.17) is 4.74 Å². The highest BCUT2D eigenvalue weighted by molar-refractivity contribution is 5.80. The van der Waals surface area contributed by atoms with E-state index in [1.807, 2.05) is 19.1 Å². The Morgan fingerprint density at radius 1 is 1.14 bits per heavy atom. The van der Waals surface area contributed by atoms with Gasteiger partial charge in [0.25, 0.3) is 0 Å². The highest BCUT2D eigenvalue weighted by atomic mass is 19.1. The highest BCUT2D eigenvalue weighted by Gasteiger charge is 2.27. The number of nitrogens with one attached hydrogen (secondary N) is 2. The van der Waals surface area contributed by atoms with Crippen LogP contribution in [0.2, 0.25) is 0 Å². The van der Waals surface area contributed by atoms with E-state index in [0.717, 1.165) is 17.5 Å². The van der Waals surface area contributed by atoms with Gasteiger partial charge in [0, 0.05) is 39.3 Å². The molecule has 1 unspecified atom stereocenters. The molecule has 0 aliphatic carbocycles. The van der Waals surface area contributed by atoms with Gasteiger partial charge in [-0.1, -0.05) is 30.3 Å². The molecule has 1 atom stereocenters. The van der Waals surface area contributed by atoms with E-state index < -0.39 is 11.6 Å². The quantitative estimate of drug-likeness (QED) is 0.550. The molecule has 1 aliphatic heterocycles. The van der Waals surface area contributed by atoms with Crippen LogP contribution in [0.15, 0.2) is 47.5 Å². The molecule has 156 valence electrons. The lowest BCUT2D eigenvalue weighted by Gasteiger charge is -2.21. The fraction of sp³-hybridized carbons (Fsp3) is 0.409. The summed E-state index contributed by atoms with van der Waals surface area (Å²) in [4.78, 5) is 6.03. The molecule has 0 aromatic heterocycles. The van der Waals surface area contributed by atoms with Crippen molar-refractivity contribution in [3.63, 3.8) is 0 Å². The topological polar surface area (TPSA) is 48.9 Å². The first-order valence-corrected chi connectivity index (χ1v) is 9.93. The van der Waals surface area contributed by atoms with Crippen LogP contribution in [0.5, 0.6) is 0 Å². The molecule has 2 aromatic rings. The second-order valence-corrected chi connectivity index (χ2v) is 6.98. The predicted molar refractivity (Wildman–Crippen MR) is 112 cm³/mol. The summed E-state index contributed by atoms with van der Waals surface area (Å²) >= 11 is 0. The van der Waals surface area contributed by atoms with E-state index >= 15 is 0 Å². The molecular weight excluding hydrogens is 374 g/mol. The molecule has 5 nitrogen and oxygen atoms in total. The van der Waals surface area contributed by atoms with Crippen LogP contribution in [0.4, 0.5) is 14.5 Å². The molecule has 2 N–H and O–H groups in total. The Hall–Kier alpha value is -2.67. The summed E-state index contributed by atoms with van der Waals surface area (Å²) in [7, 11) is 1.71. The summed E-state index contributed by atoms with van der Waals surface area (Å²) in [5.74, 6) is -0.393. The Kier molecular flexibility index (Phi) is 7.41. The largest absolute Gasteiger partial charge is 0.377 e. The van der Waals surface area contributed by atoms with Gasteiger partial charge in [0.1, 0.15) is 17.3 Å². The second kappa shape index (κ2) is 10.2. The Balaban J connectivity index is 1.56. The third-order valence-corrected chi connectivity index (χ3v) is 5.03. The molecule has 0 radical (unpaired) electrons. The fourth-order valence-corrected chi connectivity index (χ4v) is 3.52. The fourth-order valence-electron chi connectivity index (χ4n) is 3.52. The normalized spacial score (nSPS) is 16.9. The van der Waals surface area contributed by atoms with Gasteiger partial charge in [-0.05, 0) is 36.6 Å². The standard InChI is InChI=1S/C22H28F2N4O/c1-3-29-15-17-8-5-4-7-16(17)13-26-22(25-2)27-18-11-12-28(14-18)21-19(23)9-6-10-20(21)24/h4-10,18H,3,11-15H2,1-2H3,(H2,25,26,27). The van der Waals surface area contributed by atoms with Gasteiger partial charge in [-0.15, -0.1) is 0 Å². The first kappa shape index (κ1) is 21.0. The number of hydrogen-bond acceptors (Lipinski definition) is 3. The number of halogens is 2. The zero-order chi connectivity index (χ0) is 20.6. The van der Waals surface area contributed by atoms with Gasteiger partial charge in [0.15, 0.2) is 5.96 Å². The molecule has 2 aromatic carbocycles. The van der Waals surface area contributed by atoms with Crippen molar-refractivity contribution in [3.8, 4) is 0 Å². The third-order valence-electron chi connectivity index (χ3n) is 5.03. The van der Waals surface area contributed by atoms with Crippen molar-refractivity contribution in [2.75, 3.05) is 31.6 Å². The number of rotatable bonds is 7. The summed E-state index contributed by atoms with van der Waals surface area (Å²) in [5.41, 5.74) is 2.33. The number of hydrogen-bond donors (Lipinski definition) is 2. The second-order valence-electron chi connectivity index (χ2n) is 6.98. The van der Waals surface area contributed by atoms with Gasteiger partial charge in [-0.25, -0.2) is 8.78 Å². The van der Waals surface area contributed by atoms with Crippen LogP contribution < -0.4 is 15.5 Å². The molecule has 1 saturated heterocycles. The Labute approximate surface area is 170 Å². The van der Waals surface area contributed by atoms with Crippen molar-refractivity contribution >= 4 is 11.6 Å². The first-order chi connectivity index (χ1) is 14.1. The lowest BCUT2D eigenvalue weighted by molar-refractivity contribution is 0.133. The van der Waals surface area contributed by atoms with Gasteiger partial charge in [0.05, 0.1) is 6.61 Å². The van der Waals surface area contributed by atoms with Gasteiger partial charge < -0.3 is 20.3 Å². The molecule has 7 heteroatoms. The average Bonchev–Trinajstić information content (AvgIpc) is 3.18. The SMILES string of the molecule is CCOCc1ccccc1CNC(=NC)NC1CCN(c2c(F)cccc2F)C1. The summed E-state index contributed by atoms with van der Waals surface area (Å²) in [6.45, 7) is 4.94. The number of benzene rings is 2. The monoisotopic (exact) mass is 402 g/mol. The van der Waals surface area contributed by atoms with Crippen LogP contribution in [-0.4, -0.2) is 38.7 Å². The smallest absolute Gasteiger partial charge is 0.191 e. The van der Waals surface area contributed by atoms with Crippen molar-refractivity contribution in [3.05, 3.63) is 65.2 Å². The lowest BCUT2D eigenvalue weighted by atomic mass is 10.1. The van der Waals surface area contributed by atoms with E-state index in [1.54, 1.807) is 11.9 Å². The molecule has 29 heavy (non-hydrogen) atoms. The highest BCUT2D eigenvalue weighted by Crippen LogP contribution is 2.26. The van der Waals surface area contributed by atoms with Crippen molar-refractivity contribution in [2.45, 2.75) is 32.5 Å². The maximum Gasteiger partial charge on any atom is 0.191 e. The van der Waals surface area contributed by atoms with E-state index in [9.17, 15) is 8.78 Å². The maximum atomic E-state index is 14.0. The number of anilines is 1.